The quantitative estimate of drug-likeness (QED) is 0.590. The molecule has 0 saturated heterocycles. The molecule has 0 aliphatic carbocycles. The molecular formula is C20H15ClFNO5. The highest BCUT2D eigenvalue weighted by molar-refractivity contribution is 6.31. The van der Waals surface area contributed by atoms with Crippen LogP contribution in [-0.4, -0.2) is 18.5 Å². The third kappa shape index (κ3) is 5.11. The van der Waals surface area contributed by atoms with Gasteiger partial charge in [0.1, 0.15) is 18.2 Å². The van der Waals surface area contributed by atoms with Crippen LogP contribution in [-0.2, 0) is 16.1 Å². The van der Waals surface area contributed by atoms with Gasteiger partial charge >= 0.3 is 5.97 Å². The van der Waals surface area contributed by atoms with E-state index in [4.69, 9.17) is 25.5 Å². The number of nitrogens with one attached hydrogen (secondary N) is 1. The van der Waals surface area contributed by atoms with Crippen LogP contribution in [0.15, 0.2) is 65.3 Å². The smallest absolute Gasteiger partial charge is 0.375 e. The lowest BCUT2D eigenvalue weighted by atomic mass is 10.2. The molecule has 1 amide bonds. The van der Waals surface area contributed by atoms with Gasteiger partial charge in [0.15, 0.2) is 6.61 Å². The Morgan fingerprint density at radius 1 is 1.11 bits per heavy atom. The van der Waals surface area contributed by atoms with Crippen LogP contribution in [0.1, 0.15) is 16.1 Å². The second kappa shape index (κ2) is 9.05. The number of ether oxygens (including phenoxy) is 2. The van der Waals surface area contributed by atoms with Crippen LogP contribution in [0.2, 0.25) is 5.02 Å². The lowest BCUT2D eigenvalue weighted by Gasteiger charge is -2.08. The average molecular weight is 404 g/mol. The van der Waals surface area contributed by atoms with E-state index in [2.05, 4.69) is 5.32 Å². The van der Waals surface area contributed by atoms with Gasteiger partial charge in [-0.2, -0.15) is 0 Å². The fourth-order valence-electron chi connectivity index (χ4n) is 2.27. The molecule has 0 saturated carbocycles. The molecule has 144 valence electrons. The van der Waals surface area contributed by atoms with Crippen molar-refractivity contribution in [3.63, 3.8) is 0 Å². The molecule has 0 bridgehead atoms. The molecule has 28 heavy (non-hydrogen) atoms. The first kappa shape index (κ1) is 19.4. The van der Waals surface area contributed by atoms with E-state index in [1.54, 1.807) is 18.2 Å². The minimum Gasteiger partial charge on any atom is -0.489 e. The molecule has 1 aromatic heterocycles. The summed E-state index contributed by atoms with van der Waals surface area (Å²) in [6.45, 7) is -0.446. The maximum absolute atomic E-state index is 13.1. The maximum Gasteiger partial charge on any atom is 0.375 e. The molecule has 0 aliphatic rings. The number of hydrogen-bond donors (Lipinski definition) is 1. The number of furan rings is 1. The first-order valence-electron chi connectivity index (χ1n) is 8.19. The Labute approximate surface area is 164 Å². The third-order valence-corrected chi connectivity index (χ3v) is 3.90. The number of para-hydroxylation sites is 1. The monoisotopic (exact) mass is 403 g/mol. The summed E-state index contributed by atoms with van der Waals surface area (Å²) < 4.78 is 28.8. The molecule has 0 unspecified atom stereocenters. The highest BCUT2D eigenvalue weighted by Gasteiger charge is 2.19. The average Bonchev–Trinajstić information content (AvgIpc) is 3.17. The van der Waals surface area contributed by atoms with Gasteiger partial charge in [-0.1, -0.05) is 29.8 Å². The molecular weight excluding hydrogens is 389 g/mol. The third-order valence-electron chi connectivity index (χ3n) is 3.61. The standard InChI is InChI=1S/C20H15ClFNO5/c21-16-10-14(6-7-17(16)22)23-18(24)12-28-20(25)19-13(8-9-26-19)11-27-15-4-2-1-3-5-15/h1-10H,11-12H2,(H,23,24). The van der Waals surface area contributed by atoms with E-state index in [9.17, 15) is 14.0 Å². The number of hydrogen-bond acceptors (Lipinski definition) is 5. The van der Waals surface area contributed by atoms with E-state index in [0.717, 1.165) is 6.07 Å². The van der Waals surface area contributed by atoms with Crippen LogP contribution < -0.4 is 10.1 Å². The number of carbonyl (C=O) groups excluding carboxylic acids is 2. The Bertz CT molecular complexity index is 974. The summed E-state index contributed by atoms with van der Waals surface area (Å²) in [5, 5.41) is 2.32. The number of benzene rings is 2. The van der Waals surface area contributed by atoms with Gasteiger partial charge in [-0.15, -0.1) is 0 Å². The van der Waals surface area contributed by atoms with Crippen LogP contribution in [0.4, 0.5) is 10.1 Å². The summed E-state index contributed by atoms with van der Waals surface area (Å²) in [4.78, 5) is 24.1. The van der Waals surface area contributed by atoms with Crippen LogP contribution in [0.5, 0.6) is 5.75 Å². The minimum atomic E-state index is -0.802. The van der Waals surface area contributed by atoms with E-state index < -0.39 is 24.3 Å². The van der Waals surface area contributed by atoms with Crippen molar-refractivity contribution in [1.82, 2.24) is 0 Å². The van der Waals surface area contributed by atoms with E-state index in [-0.39, 0.29) is 23.1 Å². The van der Waals surface area contributed by atoms with Crippen molar-refractivity contribution in [2.75, 3.05) is 11.9 Å². The Hall–Kier alpha value is -3.32. The second-order valence-corrected chi connectivity index (χ2v) is 6.04. The van der Waals surface area contributed by atoms with E-state index >= 15 is 0 Å². The molecule has 0 spiro atoms. The first-order chi connectivity index (χ1) is 13.5. The maximum atomic E-state index is 13.1. The molecule has 0 aliphatic heterocycles. The van der Waals surface area contributed by atoms with Gasteiger partial charge in [0.25, 0.3) is 5.91 Å². The lowest BCUT2D eigenvalue weighted by molar-refractivity contribution is -0.119. The molecule has 1 N–H and O–H groups in total. The van der Waals surface area contributed by atoms with Gasteiger partial charge in [0.2, 0.25) is 5.76 Å². The summed E-state index contributed by atoms with van der Waals surface area (Å²) in [6, 6.07) is 14.4. The number of rotatable bonds is 7. The van der Waals surface area contributed by atoms with Crippen molar-refractivity contribution in [3.8, 4) is 5.75 Å². The van der Waals surface area contributed by atoms with Gasteiger partial charge in [-0.05, 0) is 36.4 Å². The normalized spacial score (nSPS) is 10.4. The number of esters is 1. The Morgan fingerprint density at radius 3 is 2.64 bits per heavy atom. The minimum absolute atomic E-state index is 0.0476. The van der Waals surface area contributed by atoms with Gasteiger partial charge in [-0.25, -0.2) is 9.18 Å². The summed E-state index contributed by atoms with van der Waals surface area (Å²) in [5.74, 6) is -1.42. The largest absolute Gasteiger partial charge is 0.489 e. The molecule has 6 nitrogen and oxygen atoms in total. The number of amides is 1. The summed E-state index contributed by atoms with van der Waals surface area (Å²) >= 11 is 5.65. The van der Waals surface area contributed by atoms with Crippen molar-refractivity contribution in [2.45, 2.75) is 6.61 Å². The van der Waals surface area contributed by atoms with Crippen LogP contribution in [0, 0.1) is 5.82 Å². The number of carbonyl (C=O) groups is 2. The first-order valence-corrected chi connectivity index (χ1v) is 8.57. The Balaban J connectivity index is 1.53. The molecule has 8 heteroatoms. The van der Waals surface area contributed by atoms with Crippen LogP contribution in [0.25, 0.3) is 0 Å². The van der Waals surface area contributed by atoms with Crippen molar-refractivity contribution in [1.29, 1.82) is 0 Å². The molecule has 0 radical (unpaired) electrons. The summed E-state index contributed by atoms with van der Waals surface area (Å²) in [7, 11) is 0. The Morgan fingerprint density at radius 2 is 1.89 bits per heavy atom. The highest BCUT2D eigenvalue weighted by Crippen LogP contribution is 2.19. The van der Waals surface area contributed by atoms with Gasteiger partial charge in [0, 0.05) is 11.3 Å². The highest BCUT2D eigenvalue weighted by atomic mass is 35.5. The Kier molecular flexibility index (Phi) is 6.29. The van der Waals surface area contributed by atoms with Crippen molar-refractivity contribution in [2.24, 2.45) is 0 Å². The topological polar surface area (TPSA) is 77.8 Å². The zero-order chi connectivity index (χ0) is 19.9. The second-order valence-electron chi connectivity index (χ2n) is 5.63. The van der Waals surface area contributed by atoms with Crippen molar-refractivity contribution >= 4 is 29.2 Å². The lowest BCUT2D eigenvalue weighted by Crippen LogP contribution is -2.21. The van der Waals surface area contributed by atoms with Gasteiger partial charge in [0.05, 0.1) is 11.3 Å². The van der Waals surface area contributed by atoms with Gasteiger partial charge in [-0.3, -0.25) is 4.79 Å². The molecule has 0 atom stereocenters. The molecule has 3 rings (SSSR count). The number of halogens is 2. The van der Waals surface area contributed by atoms with Crippen LogP contribution in [0.3, 0.4) is 0 Å². The van der Waals surface area contributed by atoms with Crippen LogP contribution >= 0.6 is 11.6 Å². The van der Waals surface area contributed by atoms with E-state index in [1.807, 2.05) is 18.2 Å². The fourth-order valence-corrected chi connectivity index (χ4v) is 2.45. The summed E-state index contributed by atoms with van der Waals surface area (Å²) in [5.41, 5.74) is 0.766. The van der Waals surface area contributed by atoms with Gasteiger partial charge < -0.3 is 19.2 Å². The zero-order valence-electron chi connectivity index (χ0n) is 14.5. The van der Waals surface area contributed by atoms with Crippen molar-refractivity contribution < 1.29 is 27.9 Å². The molecule has 1 heterocycles. The molecule has 3 aromatic rings. The summed E-state index contributed by atoms with van der Waals surface area (Å²) in [6.07, 6.45) is 1.33. The van der Waals surface area contributed by atoms with E-state index in [0.29, 0.717) is 11.3 Å². The molecule has 2 aromatic carbocycles. The predicted molar refractivity (Wildman–Crippen MR) is 99.8 cm³/mol. The fraction of sp³-hybridized carbons (Fsp3) is 0.100. The predicted octanol–water partition coefficient (Wildman–Crippen LogP) is 4.45. The molecule has 0 fully saturated rings. The number of anilines is 1. The zero-order valence-corrected chi connectivity index (χ0v) is 15.2. The van der Waals surface area contributed by atoms with E-state index in [1.165, 1.54) is 18.4 Å². The van der Waals surface area contributed by atoms with Crippen molar-refractivity contribution in [3.05, 3.63) is 83.0 Å². The SMILES string of the molecule is O=C(COC(=O)c1occc1COc1ccccc1)Nc1ccc(F)c(Cl)c1.